The van der Waals surface area contributed by atoms with Crippen LogP contribution in [0.4, 0.5) is 0 Å². The first kappa shape index (κ1) is 16.0. The normalized spacial score (nSPS) is 19.5. The Kier molecular flexibility index (Phi) is 5.00. The second-order valence-electron chi connectivity index (χ2n) is 5.57. The molecule has 0 bridgehead atoms. The summed E-state index contributed by atoms with van der Waals surface area (Å²) < 4.78 is 22.8. The maximum Gasteiger partial charge on any atom is 0.253 e. The zero-order chi connectivity index (χ0) is 15.5. The van der Waals surface area contributed by atoms with Gasteiger partial charge in [0.25, 0.3) is 5.91 Å². The van der Waals surface area contributed by atoms with Crippen LogP contribution in [0.5, 0.6) is 0 Å². The van der Waals surface area contributed by atoms with Crippen molar-refractivity contribution in [3.8, 4) is 0 Å². The molecule has 21 heavy (non-hydrogen) atoms. The van der Waals surface area contributed by atoms with Crippen molar-refractivity contribution in [2.75, 3.05) is 26.0 Å². The van der Waals surface area contributed by atoms with Crippen LogP contribution in [0.3, 0.4) is 0 Å². The van der Waals surface area contributed by atoms with Crippen molar-refractivity contribution < 1.29 is 18.3 Å². The molecular weight excluding hydrogens is 290 g/mol. The monoisotopic (exact) mass is 311 g/mol. The quantitative estimate of drug-likeness (QED) is 0.910. The number of aliphatic hydroxyl groups excluding tert-OH is 1. The molecule has 2 rings (SSSR count). The van der Waals surface area contributed by atoms with Crippen LogP contribution in [0.25, 0.3) is 0 Å². The van der Waals surface area contributed by atoms with E-state index in [0.29, 0.717) is 24.6 Å². The van der Waals surface area contributed by atoms with E-state index in [1.165, 1.54) is 12.1 Å². The molecule has 0 saturated carbocycles. The maximum atomic E-state index is 12.4. The summed E-state index contributed by atoms with van der Waals surface area (Å²) in [6.07, 6.45) is 3.85. The highest BCUT2D eigenvalue weighted by molar-refractivity contribution is 7.90. The topological polar surface area (TPSA) is 74.7 Å². The molecule has 1 aliphatic rings. The first-order valence-corrected chi connectivity index (χ1v) is 9.01. The average Bonchev–Trinajstić information content (AvgIpc) is 2.46. The zero-order valence-corrected chi connectivity index (χ0v) is 13.0. The van der Waals surface area contributed by atoms with E-state index >= 15 is 0 Å². The van der Waals surface area contributed by atoms with Crippen molar-refractivity contribution in [3.05, 3.63) is 29.8 Å². The molecule has 1 saturated heterocycles. The highest BCUT2D eigenvalue weighted by Crippen LogP contribution is 2.21. The zero-order valence-electron chi connectivity index (χ0n) is 12.2. The molecule has 5 nitrogen and oxygen atoms in total. The predicted molar refractivity (Wildman–Crippen MR) is 79.9 cm³/mol. The molecule has 1 amide bonds. The van der Waals surface area contributed by atoms with Gasteiger partial charge in [0.1, 0.15) is 0 Å². The summed E-state index contributed by atoms with van der Waals surface area (Å²) in [5.74, 6) is 0.278. The molecular formula is C15H21NO4S. The van der Waals surface area contributed by atoms with E-state index in [1.807, 2.05) is 0 Å². The largest absolute Gasteiger partial charge is 0.396 e. The van der Waals surface area contributed by atoms with Crippen LogP contribution in [0.2, 0.25) is 0 Å². The van der Waals surface area contributed by atoms with Gasteiger partial charge in [0.15, 0.2) is 9.84 Å². The molecule has 1 heterocycles. The van der Waals surface area contributed by atoms with E-state index < -0.39 is 9.84 Å². The van der Waals surface area contributed by atoms with Gasteiger partial charge in [-0.05, 0) is 49.4 Å². The Morgan fingerprint density at radius 1 is 1.33 bits per heavy atom. The average molecular weight is 311 g/mol. The highest BCUT2D eigenvalue weighted by Gasteiger charge is 2.24. The lowest BCUT2D eigenvalue weighted by Gasteiger charge is -2.32. The molecule has 1 unspecified atom stereocenters. The second-order valence-corrected chi connectivity index (χ2v) is 7.58. The minimum atomic E-state index is -3.24. The Morgan fingerprint density at radius 2 is 2.00 bits per heavy atom. The molecule has 1 atom stereocenters. The van der Waals surface area contributed by atoms with Crippen molar-refractivity contribution in [3.63, 3.8) is 0 Å². The Labute approximate surface area is 125 Å². The third-order valence-electron chi connectivity index (χ3n) is 3.87. The minimum Gasteiger partial charge on any atom is -0.396 e. The smallest absolute Gasteiger partial charge is 0.253 e. The first-order chi connectivity index (χ1) is 9.91. The van der Waals surface area contributed by atoms with Gasteiger partial charge in [0.05, 0.1) is 4.90 Å². The van der Waals surface area contributed by atoms with Gasteiger partial charge in [-0.25, -0.2) is 8.42 Å². The van der Waals surface area contributed by atoms with Crippen molar-refractivity contribution in [1.82, 2.24) is 4.90 Å². The Bertz CT molecular complexity index is 593. The van der Waals surface area contributed by atoms with Crippen molar-refractivity contribution in [2.24, 2.45) is 5.92 Å². The molecule has 0 aliphatic carbocycles. The fourth-order valence-corrected chi connectivity index (χ4v) is 3.33. The first-order valence-electron chi connectivity index (χ1n) is 7.12. The van der Waals surface area contributed by atoms with Crippen LogP contribution in [0.15, 0.2) is 29.2 Å². The molecule has 1 fully saturated rings. The second kappa shape index (κ2) is 6.58. The number of benzene rings is 1. The third kappa shape index (κ3) is 4.04. The number of carbonyl (C=O) groups is 1. The summed E-state index contributed by atoms with van der Waals surface area (Å²) in [7, 11) is -3.24. The lowest BCUT2D eigenvalue weighted by atomic mass is 9.94. The van der Waals surface area contributed by atoms with E-state index in [-0.39, 0.29) is 17.4 Å². The number of hydrogen-bond donors (Lipinski definition) is 1. The maximum absolute atomic E-state index is 12.4. The number of aliphatic hydroxyl groups is 1. The number of nitrogens with zero attached hydrogens (tertiary/aromatic N) is 1. The van der Waals surface area contributed by atoms with Crippen LogP contribution in [0.1, 0.15) is 29.6 Å². The molecule has 0 spiro atoms. The van der Waals surface area contributed by atoms with Crippen LogP contribution < -0.4 is 0 Å². The molecule has 6 heteroatoms. The van der Waals surface area contributed by atoms with Gasteiger partial charge >= 0.3 is 0 Å². The van der Waals surface area contributed by atoms with Gasteiger partial charge < -0.3 is 10.0 Å². The van der Waals surface area contributed by atoms with E-state index in [9.17, 15) is 13.2 Å². The number of piperidine rings is 1. The van der Waals surface area contributed by atoms with Gasteiger partial charge in [-0.1, -0.05) is 0 Å². The van der Waals surface area contributed by atoms with E-state index in [1.54, 1.807) is 17.0 Å². The molecule has 1 aromatic rings. The van der Waals surface area contributed by atoms with E-state index in [4.69, 9.17) is 5.11 Å². The lowest BCUT2D eigenvalue weighted by molar-refractivity contribution is 0.0653. The van der Waals surface area contributed by atoms with Crippen molar-refractivity contribution >= 4 is 15.7 Å². The number of likely N-dealkylation sites (tertiary alicyclic amines) is 1. The predicted octanol–water partition coefficient (Wildman–Crippen LogP) is 1.32. The fraction of sp³-hybridized carbons (Fsp3) is 0.533. The standard InChI is InChI=1S/C15H21NO4S/c1-21(19,20)14-6-4-13(5-7-14)15(18)16-9-2-3-12(11-16)8-10-17/h4-7,12,17H,2-3,8-11H2,1H3. The molecule has 1 aliphatic heterocycles. The van der Waals surface area contributed by atoms with Crippen molar-refractivity contribution in [2.45, 2.75) is 24.2 Å². The Morgan fingerprint density at radius 3 is 2.57 bits per heavy atom. The molecule has 0 radical (unpaired) electrons. The Hall–Kier alpha value is -1.40. The van der Waals surface area contributed by atoms with E-state index in [0.717, 1.165) is 25.5 Å². The number of amides is 1. The summed E-state index contributed by atoms with van der Waals surface area (Å²) in [4.78, 5) is 14.4. The third-order valence-corrected chi connectivity index (χ3v) is 5.00. The van der Waals surface area contributed by atoms with Gasteiger partial charge in [0.2, 0.25) is 0 Å². The summed E-state index contributed by atoms with van der Waals surface area (Å²) >= 11 is 0. The molecule has 1 aromatic carbocycles. The summed E-state index contributed by atoms with van der Waals surface area (Å²) in [5, 5.41) is 9.01. The van der Waals surface area contributed by atoms with Crippen LogP contribution in [-0.4, -0.2) is 50.3 Å². The molecule has 1 N–H and O–H groups in total. The SMILES string of the molecule is CS(=O)(=O)c1ccc(C(=O)N2CCCC(CCO)C2)cc1. The summed E-state index contributed by atoms with van der Waals surface area (Å²) in [5.41, 5.74) is 0.507. The van der Waals surface area contributed by atoms with Crippen molar-refractivity contribution in [1.29, 1.82) is 0 Å². The van der Waals surface area contributed by atoms with Crippen LogP contribution >= 0.6 is 0 Å². The fourth-order valence-electron chi connectivity index (χ4n) is 2.70. The van der Waals surface area contributed by atoms with E-state index in [2.05, 4.69) is 0 Å². The van der Waals surface area contributed by atoms with Gasteiger partial charge in [-0.15, -0.1) is 0 Å². The molecule has 116 valence electrons. The molecule has 0 aromatic heterocycles. The summed E-state index contributed by atoms with van der Waals surface area (Å²) in [6.45, 7) is 1.53. The lowest BCUT2D eigenvalue weighted by Crippen LogP contribution is -2.40. The Balaban J connectivity index is 2.09. The van der Waals surface area contributed by atoms with Gasteiger partial charge in [-0.3, -0.25) is 4.79 Å². The number of hydrogen-bond acceptors (Lipinski definition) is 4. The minimum absolute atomic E-state index is 0.0716. The van der Waals surface area contributed by atoms with Crippen LogP contribution in [0, 0.1) is 5.92 Å². The van der Waals surface area contributed by atoms with Gasteiger partial charge in [-0.2, -0.15) is 0 Å². The number of rotatable bonds is 4. The van der Waals surface area contributed by atoms with Gasteiger partial charge in [0, 0.05) is 31.5 Å². The number of sulfone groups is 1. The number of carbonyl (C=O) groups excluding carboxylic acids is 1. The highest BCUT2D eigenvalue weighted by atomic mass is 32.2. The summed E-state index contributed by atoms with van der Waals surface area (Å²) in [6, 6.07) is 6.07. The van der Waals surface area contributed by atoms with Crippen LogP contribution in [-0.2, 0) is 9.84 Å².